The molecule has 0 bridgehead atoms. The molecule has 55 heavy (non-hydrogen) atoms. The van der Waals surface area contributed by atoms with Crippen molar-refractivity contribution in [1.29, 1.82) is 0 Å². The van der Waals surface area contributed by atoms with Crippen LogP contribution in [0.1, 0.15) is 27.8 Å². The zero-order valence-electron chi connectivity index (χ0n) is 29.9. The SMILES string of the molecule is C1=C(c2ccccc2)c2ccc(-c3ccccc3-c3nc(-c4ccccc4)nc(-c4ccc5ccccc5c4)n3)cc2C12c1ccccc1-c1ccccc12. The lowest BCUT2D eigenvalue weighted by Crippen LogP contribution is -2.22. The molecule has 2 aliphatic carbocycles. The van der Waals surface area contributed by atoms with Crippen molar-refractivity contribution in [1.82, 2.24) is 15.0 Å². The number of hydrogen-bond donors (Lipinski definition) is 0. The van der Waals surface area contributed by atoms with E-state index in [-0.39, 0.29) is 0 Å². The summed E-state index contributed by atoms with van der Waals surface area (Å²) in [6.45, 7) is 0. The molecule has 256 valence electrons. The highest BCUT2D eigenvalue weighted by Gasteiger charge is 2.48. The van der Waals surface area contributed by atoms with Crippen LogP contribution in [0.15, 0.2) is 200 Å². The first-order valence-electron chi connectivity index (χ1n) is 18.8. The van der Waals surface area contributed by atoms with Crippen molar-refractivity contribution < 1.29 is 0 Å². The second-order valence-electron chi connectivity index (χ2n) is 14.4. The highest BCUT2D eigenvalue weighted by molar-refractivity contribution is 5.97. The number of rotatable bonds is 5. The molecule has 8 aromatic carbocycles. The van der Waals surface area contributed by atoms with Crippen LogP contribution < -0.4 is 0 Å². The zero-order valence-corrected chi connectivity index (χ0v) is 29.9. The Balaban J connectivity index is 1.12. The number of benzene rings is 8. The van der Waals surface area contributed by atoms with Crippen LogP contribution in [0.2, 0.25) is 0 Å². The van der Waals surface area contributed by atoms with E-state index in [0.717, 1.165) is 33.2 Å². The van der Waals surface area contributed by atoms with E-state index in [1.165, 1.54) is 49.9 Å². The standard InChI is InChI=1S/C52H33N3/c1-3-16-35(17-4-1)45-33-52(46-25-13-11-22-41(46)42-23-12-14-26-47(42)52)48-32-38(29-30-43(45)48)40-21-9-10-24-44(40)51-54-49(36-18-5-2-6-19-36)53-50(55-51)39-28-27-34-15-7-8-20-37(34)31-39/h1-33H. The fourth-order valence-corrected chi connectivity index (χ4v) is 8.82. The summed E-state index contributed by atoms with van der Waals surface area (Å²) in [7, 11) is 0. The van der Waals surface area contributed by atoms with E-state index >= 15 is 0 Å². The molecule has 1 heterocycles. The average molecular weight is 700 g/mol. The van der Waals surface area contributed by atoms with Crippen molar-refractivity contribution in [3.8, 4) is 56.4 Å². The van der Waals surface area contributed by atoms with Crippen molar-refractivity contribution >= 4 is 16.3 Å². The molecule has 0 aliphatic heterocycles. The van der Waals surface area contributed by atoms with Crippen molar-refractivity contribution in [3.63, 3.8) is 0 Å². The molecule has 3 heteroatoms. The van der Waals surface area contributed by atoms with Gasteiger partial charge in [-0.2, -0.15) is 0 Å². The van der Waals surface area contributed by atoms with Crippen LogP contribution in [0.5, 0.6) is 0 Å². The summed E-state index contributed by atoms with van der Waals surface area (Å²) in [4.78, 5) is 15.4. The second-order valence-corrected chi connectivity index (χ2v) is 14.4. The predicted octanol–water partition coefficient (Wildman–Crippen LogP) is 12.5. The van der Waals surface area contributed by atoms with E-state index in [1.807, 2.05) is 18.2 Å². The van der Waals surface area contributed by atoms with Crippen LogP contribution in [0, 0.1) is 0 Å². The largest absolute Gasteiger partial charge is 0.208 e. The van der Waals surface area contributed by atoms with Gasteiger partial charge in [0, 0.05) is 16.7 Å². The topological polar surface area (TPSA) is 38.7 Å². The molecule has 1 aromatic heterocycles. The maximum absolute atomic E-state index is 5.21. The van der Waals surface area contributed by atoms with Crippen molar-refractivity contribution in [2.24, 2.45) is 0 Å². The molecule has 0 saturated heterocycles. The lowest BCUT2D eigenvalue weighted by molar-refractivity contribution is 0.821. The van der Waals surface area contributed by atoms with Gasteiger partial charge in [-0.05, 0) is 78.5 Å². The van der Waals surface area contributed by atoms with Gasteiger partial charge in [0.1, 0.15) is 0 Å². The lowest BCUT2D eigenvalue weighted by Gasteiger charge is -2.27. The average Bonchev–Trinajstić information content (AvgIpc) is 3.76. The third-order valence-electron chi connectivity index (χ3n) is 11.3. The van der Waals surface area contributed by atoms with Crippen LogP contribution in [0.25, 0.3) is 72.8 Å². The summed E-state index contributed by atoms with van der Waals surface area (Å²) < 4.78 is 0. The molecule has 0 amide bonds. The molecule has 3 nitrogen and oxygen atoms in total. The van der Waals surface area contributed by atoms with Gasteiger partial charge in [0.25, 0.3) is 0 Å². The number of aromatic nitrogens is 3. The van der Waals surface area contributed by atoms with Crippen LogP contribution in [-0.4, -0.2) is 15.0 Å². The molecule has 0 radical (unpaired) electrons. The minimum atomic E-state index is -0.435. The Morgan fingerprint density at radius 2 is 0.818 bits per heavy atom. The molecule has 1 spiro atoms. The Morgan fingerprint density at radius 3 is 1.53 bits per heavy atom. The Hall–Kier alpha value is -7.23. The molecule has 0 unspecified atom stereocenters. The van der Waals surface area contributed by atoms with Gasteiger partial charge in [-0.1, -0.05) is 188 Å². The van der Waals surface area contributed by atoms with Gasteiger partial charge in [-0.25, -0.2) is 15.0 Å². The summed E-state index contributed by atoms with van der Waals surface area (Å²) in [6.07, 6.45) is 2.52. The highest BCUT2D eigenvalue weighted by Crippen LogP contribution is 2.59. The predicted molar refractivity (Wildman–Crippen MR) is 224 cm³/mol. The first-order valence-corrected chi connectivity index (χ1v) is 18.8. The van der Waals surface area contributed by atoms with E-state index in [2.05, 4.69) is 182 Å². The second kappa shape index (κ2) is 12.4. The van der Waals surface area contributed by atoms with Crippen LogP contribution in [0.4, 0.5) is 0 Å². The fraction of sp³-hybridized carbons (Fsp3) is 0.0192. The highest BCUT2D eigenvalue weighted by atomic mass is 15.0. The zero-order chi connectivity index (χ0) is 36.3. The molecule has 0 fully saturated rings. The molecule has 0 N–H and O–H groups in total. The molecule has 0 atom stereocenters. The summed E-state index contributed by atoms with van der Waals surface area (Å²) in [5.74, 6) is 1.93. The van der Waals surface area contributed by atoms with E-state index in [9.17, 15) is 0 Å². The summed E-state index contributed by atoms with van der Waals surface area (Å²) in [5, 5.41) is 2.33. The number of allylic oxidation sites excluding steroid dienone is 1. The van der Waals surface area contributed by atoms with Crippen molar-refractivity contribution in [2.75, 3.05) is 0 Å². The number of nitrogens with zero attached hydrogens (tertiary/aromatic N) is 3. The third-order valence-corrected chi connectivity index (χ3v) is 11.3. The normalized spacial score (nSPS) is 13.3. The van der Waals surface area contributed by atoms with Gasteiger partial charge in [-0.3, -0.25) is 0 Å². The Morgan fingerprint density at radius 1 is 0.291 bits per heavy atom. The summed E-state index contributed by atoms with van der Waals surface area (Å²) in [5.41, 5.74) is 14.8. The fourth-order valence-electron chi connectivity index (χ4n) is 8.82. The van der Waals surface area contributed by atoms with Crippen molar-refractivity contribution in [3.05, 3.63) is 228 Å². The van der Waals surface area contributed by atoms with E-state index in [4.69, 9.17) is 15.0 Å². The van der Waals surface area contributed by atoms with E-state index in [0.29, 0.717) is 17.5 Å². The van der Waals surface area contributed by atoms with Gasteiger partial charge < -0.3 is 0 Å². The summed E-state index contributed by atoms with van der Waals surface area (Å²) in [6, 6.07) is 69.2. The third kappa shape index (κ3) is 4.94. The maximum atomic E-state index is 5.21. The molecule has 2 aliphatic rings. The van der Waals surface area contributed by atoms with Crippen LogP contribution >= 0.6 is 0 Å². The van der Waals surface area contributed by atoms with Gasteiger partial charge in [0.2, 0.25) is 0 Å². The Bertz CT molecular complexity index is 2940. The van der Waals surface area contributed by atoms with Gasteiger partial charge in [0.15, 0.2) is 17.5 Å². The Kier molecular flexibility index (Phi) is 7.08. The minimum absolute atomic E-state index is 0.435. The molecule has 9 aromatic rings. The maximum Gasteiger partial charge on any atom is 0.164 e. The Labute approximate surface area is 320 Å². The van der Waals surface area contributed by atoms with Crippen LogP contribution in [-0.2, 0) is 5.41 Å². The molecular formula is C52H33N3. The number of fused-ring (bicyclic) bond motifs is 8. The van der Waals surface area contributed by atoms with E-state index in [1.54, 1.807) is 0 Å². The smallest absolute Gasteiger partial charge is 0.164 e. The lowest BCUT2D eigenvalue weighted by atomic mass is 9.73. The van der Waals surface area contributed by atoms with E-state index < -0.39 is 5.41 Å². The first kappa shape index (κ1) is 31.3. The van der Waals surface area contributed by atoms with Crippen molar-refractivity contribution in [2.45, 2.75) is 5.41 Å². The quantitative estimate of drug-likeness (QED) is 0.179. The first-order chi connectivity index (χ1) is 27.2. The molecular weight excluding hydrogens is 667 g/mol. The van der Waals surface area contributed by atoms with Gasteiger partial charge >= 0.3 is 0 Å². The van der Waals surface area contributed by atoms with Gasteiger partial charge in [-0.15, -0.1) is 0 Å². The number of hydrogen-bond acceptors (Lipinski definition) is 3. The molecule has 0 saturated carbocycles. The molecule has 11 rings (SSSR count). The minimum Gasteiger partial charge on any atom is -0.208 e. The monoisotopic (exact) mass is 699 g/mol. The van der Waals surface area contributed by atoms with Gasteiger partial charge in [0.05, 0.1) is 5.41 Å². The van der Waals surface area contributed by atoms with Crippen LogP contribution in [0.3, 0.4) is 0 Å². The summed E-state index contributed by atoms with van der Waals surface area (Å²) >= 11 is 0.